The van der Waals surface area contributed by atoms with E-state index in [4.69, 9.17) is 11.6 Å². The maximum absolute atomic E-state index is 13.9. The van der Waals surface area contributed by atoms with Crippen LogP contribution in [0.3, 0.4) is 0 Å². The van der Waals surface area contributed by atoms with Gasteiger partial charge in [-0.3, -0.25) is 14.2 Å². The Morgan fingerprint density at radius 2 is 1.90 bits per heavy atom. The zero-order valence-corrected chi connectivity index (χ0v) is 18.0. The van der Waals surface area contributed by atoms with Gasteiger partial charge in [0.1, 0.15) is 17.2 Å². The SMILES string of the molecule is CCc1cc2c(=O)n(-c3cccc(Cl)c3)c(=O)n(CC(=O)Nc3ccccc3F)c2s1. The average molecular weight is 458 g/mol. The van der Waals surface area contributed by atoms with Gasteiger partial charge >= 0.3 is 5.69 Å². The van der Waals surface area contributed by atoms with E-state index in [0.717, 1.165) is 9.44 Å². The summed E-state index contributed by atoms with van der Waals surface area (Å²) in [5.41, 5.74) is -0.839. The molecule has 0 unspecified atom stereocenters. The number of amides is 1. The number of thiophene rings is 1. The van der Waals surface area contributed by atoms with Gasteiger partial charge in [0.2, 0.25) is 5.91 Å². The molecule has 0 spiro atoms. The van der Waals surface area contributed by atoms with Crippen molar-refractivity contribution >= 4 is 44.7 Å². The Kier molecular flexibility index (Phi) is 5.75. The van der Waals surface area contributed by atoms with Crippen LogP contribution in [0.1, 0.15) is 11.8 Å². The molecule has 0 aliphatic carbocycles. The number of benzene rings is 2. The van der Waals surface area contributed by atoms with Gasteiger partial charge in [0.05, 0.1) is 16.8 Å². The third kappa shape index (κ3) is 4.04. The number of aromatic nitrogens is 2. The fraction of sp³-hybridized carbons (Fsp3) is 0.136. The lowest BCUT2D eigenvalue weighted by Gasteiger charge is -2.12. The molecular formula is C22H17ClFN3O3S. The number of para-hydroxylation sites is 1. The van der Waals surface area contributed by atoms with E-state index in [0.29, 0.717) is 27.3 Å². The first-order valence-electron chi connectivity index (χ1n) is 9.47. The monoisotopic (exact) mass is 457 g/mol. The van der Waals surface area contributed by atoms with Gasteiger partial charge in [-0.25, -0.2) is 13.8 Å². The number of hydrogen-bond acceptors (Lipinski definition) is 4. The van der Waals surface area contributed by atoms with E-state index in [2.05, 4.69) is 5.32 Å². The van der Waals surface area contributed by atoms with Crippen LogP contribution in [-0.2, 0) is 17.8 Å². The van der Waals surface area contributed by atoms with E-state index in [9.17, 15) is 18.8 Å². The summed E-state index contributed by atoms with van der Waals surface area (Å²) in [5.74, 6) is -1.17. The molecular weight excluding hydrogens is 441 g/mol. The molecule has 31 heavy (non-hydrogen) atoms. The molecule has 2 aromatic carbocycles. The van der Waals surface area contributed by atoms with Crippen molar-refractivity contribution in [2.45, 2.75) is 19.9 Å². The van der Waals surface area contributed by atoms with E-state index in [1.54, 1.807) is 30.3 Å². The predicted molar refractivity (Wildman–Crippen MR) is 121 cm³/mol. The summed E-state index contributed by atoms with van der Waals surface area (Å²) < 4.78 is 16.1. The molecule has 0 fully saturated rings. The standard InChI is InChI=1S/C22H17ClFN3O3S/c1-2-15-11-16-20(29)27(14-7-5-6-13(23)10-14)22(30)26(21(16)31-15)12-19(28)25-18-9-4-3-8-17(18)24/h3-11H,2,12H2,1H3,(H,25,28). The number of halogens is 2. The largest absolute Gasteiger partial charge is 0.337 e. The van der Waals surface area contributed by atoms with Crippen molar-refractivity contribution in [3.8, 4) is 5.69 Å². The van der Waals surface area contributed by atoms with Crippen LogP contribution in [-0.4, -0.2) is 15.0 Å². The smallest absolute Gasteiger partial charge is 0.322 e. The quantitative estimate of drug-likeness (QED) is 0.488. The van der Waals surface area contributed by atoms with E-state index in [1.807, 2.05) is 6.92 Å². The van der Waals surface area contributed by atoms with Gasteiger partial charge in [-0.05, 0) is 42.8 Å². The molecule has 0 radical (unpaired) electrons. The van der Waals surface area contributed by atoms with Crippen molar-refractivity contribution < 1.29 is 9.18 Å². The average Bonchev–Trinajstić information content (AvgIpc) is 3.18. The highest BCUT2D eigenvalue weighted by Gasteiger charge is 2.19. The van der Waals surface area contributed by atoms with Crippen LogP contribution in [0.15, 0.2) is 64.2 Å². The van der Waals surface area contributed by atoms with Gasteiger partial charge < -0.3 is 5.32 Å². The number of carbonyl (C=O) groups is 1. The molecule has 1 N–H and O–H groups in total. The molecule has 6 nitrogen and oxygen atoms in total. The number of hydrogen-bond donors (Lipinski definition) is 1. The van der Waals surface area contributed by atoms with Crippen LogP contribution in [0.4, 0.5) is 10.1 Å². The summed E-state index contributed by atoms with van der Waals surface area (Å²) in [6.45, 7) is 1.56. The van der Waals surface area contributed by atoms with Crippen LogP contribution in [0.5, 0.6) is 0 Å². The van der Waals surface area contributed by atoms with Crippen LogP contribution < -0.4 is 16.6 Å². The van der Waals surface area contributed by atoms with Crippen LogP contribution in [0.25, 0.3) is 15.9 Å². The van der Waals surface area contributed by atoms with E-state index < -0.39 is 23.0 Å². The molecule has 0 saturated heterocycles. The lowest BCUT2D eigenvalue weighted by Crippen LogP contribution is -2.40. The second kappa shape index (κ2) is 8.49. The molecule has 9 heteroatoms. The zero-order valence-electron chi connectivity index (χ0n) is 16.4. The molecule has 2 aromatic heterocycles. The second-order valence-electron chi connectivity index (χ2n) is 6.80. The fourth-order valence-electron chi connectivity index (χ4n) is 3.25. The normalized spacial score (nSPS) is 11.1. The molecule has 0 atom stereocenters. The highest BCUT2D eigenvalue weighted by atomic mass is 35.5. The Bertz CT molecular complexity index is 1420. The summed E-state index contributed by atoms with van der Waals surface area (Å²) in [4.78, 5) is 40.4. The summed E-state index contributed by atoms with van der Waals surface area (Å²) in [6, 6.07) is 13.9. The lowest BCUT2D eigenvalue weighted by atomic mass is 10.3. The number of carbonyl (C=O) groups excluding carboxylic acids is 1. The first-order chi connectivity index (χ1) is 14.9. The van der Waals surface area contributed by atoms with E-state index >= 15 is 0 Å². The summed E-state index contributed by atoms with van der Waals surface area (Å²) in [7, 11) is 0. The van der Waals surface area contributed by atoms with E-state index in [1.165, 1.54) is 40.2 Å². The third-order valence-corrected chi connectivity index (χ3v) is 6.27. The first-order valence-corrected chi connectivity index (χ1v) is 10.7. The van der Waals surface area contributed by atoms with Crippen molar-refractivity contribution in [1.82, 2.24) is 9.13 Å². The topological polar surface area (TPSA) is 73.1 Å². The highest BCUT2D eigenvalue weighted by molar-refractivity contribution is 7.18. The van der Waals surface area contributed by atoms with Gasteiger partial charge in [-0.2, -0.15) is 0 Å². The zero-order chi connectivity index (χ0) is 22.1. The minimum absolute atomic E-state index is 0.0142. The number of nitrogens with one attached hydrogen (secondary N) is 1. The summed E-state index contributed by atoms with van der Waals surface area (Å²) in [6.07, 6.45) is 0.672. The first kappa shape index (κ1) is 21.0. The predicted octanol–water partition coefficient (Wildman–Crippen LogP) is 4.21. The van der Waals surface area contributed by atoms with Gasteiger partial charge in [-0.15, -0.1) is 11.3 Å². The Balaban J connectivity index is 1.86. The molecule has 0 bridgehead atoms. The molecule has 2 heterocycles. The number of aryl methyl sites for hydroxylation is 1. The molecule has 1 amide bonds. The van der Waals surface area contributed by atoms with Gasteiger partial charge in [0, 0.05) is 9.90 Å². The Morgan fingerprint density at radius 3 is 2.61 bits per heavy atom. The molecule has 0 saturated carbocycles. The van der Waals surface area contributed by atoms with E-state index in [-0.39, 0.29) is 12.2 Å². The maximum atomic E-state index is 13.9. The number of nitrogens with zero attached hydrogens (tertiary/aromatic N) is 2. The van der Waals surface area contributed by atoms with Crippen LogP contribution in [0, 0.1) is 5.82 Å². The number of anilines is 1. The Labute approximate surface area is 185 Å². The Hall–Kier alpha value is -3.23. The lowest BCUT2D eigenvalue weighted by molar-refractivity contribution is -0.116. The summed E-state index contributed by atoms with van der Waals surface area (Å²) >= 11 is 7.33. The molecule has 4 rings (SSSR count). The molecule has 0 aliphatic heterocycles. The highest BCUT2D eigenvalue weighted by Crippen LogP contribution is 2.24. The van der Waals surface area contributed by atoms with Crippen LogP contribution >= 0.6 is 22.9 Å². The van der Waals surface area contributed by atoms with Gasteiger partial charge in [0.15, 0.2) is 0 Å². The minimum atomic E-state index is -0.673. The molecule has 158 valence electrons. The van der Waals surface area contributed by atoms with Gasteiger partial charge in [0.25, 0.3) is 5.56 Å². The maximum Gasteiger partial charge on any atom is 0.337 e. The Morgan fingerprint density at radius 1 is 1.13 bits per heavy atom. The van der Waals surface area contributed by atoms with Crippen molar-refractivity contribution in [2.75, 3.05) is 5.32 Å². The minimum Gasteiger partial charge on any atom is -0.322 e. The number of fused-ring (bicyclic) bond motifs is 1. The fourth-order valence-corrected chi connectivity index (χ4v) is 4.52. The third-order valence-electron chi connectivity index (χ3n) is 4.73. The van der Waals surface area contributed by atoms with Gasteiger partial charge in [-0.1, -0.05) is 36.7 Å². The second-order valence-corrected chi connectivity index (χ2v) is 8.35. The van der Waals surface area contributed by atoms with Crippen molar-refractivity contribution in [1.29, 1.82) is 0 Å². The van der Waals surface area contributed by atoms with Crippen molar-refractivity contribution in [3.05, 3.63) is 91.2 Å². The summed E-state index contributed by atoms with van der Waals surface area (Å²) in [5, 5.41) is 3.18. The molecule has 4 aromatic rings. The number of rotatable bonds is 5. The van der Waals surface area contributed by atoms with Crippen molar-refractivity contribution in [3.63, 3.8) is 0 Å². The molecule has 0 aliphatic rings. The van der Waals surface area contributed by atoms with Crippen LogP contribution in [0.2, 0.25) is 5.02 Å². The van der Waals surface area contributed by atoms with Crippen molar-refractivity contribution in [2.24, 2.45) is 0 Å².